The number of carbonyl (C=O) groups is 4. The molecule has 10 nitrogen and oxygen atoms in total. The minimum absolute atomic E-state index is 0.183. The van der Waals surface area contributed by atoms with E-state index >= 15 is 0 Å². The normalized spacial score (nSPS) is 23.3. The third-order valence-corrected chi connectivity index (χ3v) is 6.93. The lowest BCUT2D eigenvalue weighted by atomic mass is 10.0. The summed E-state index contributed by atoms with van der Waals surface area (Å²) in [6, 6.07) is 5.17. The molecular weight excluding hydrogens is 486 g/mol. The van der Waals surface area contributed by atoms with Gasteiger partial charge in [0, 0.05) is 32.7 Å². The number of benzene rings is 1. The predicted octanol–water partition coefficient (Wildman–Crippen LogP) is 1.55. The van der Waals surface area contributed by atoms with Crippen LogP contribution in [0.1, 0.15) is 62.7 Å². The van der Waals surface area contributed by atoms with Crippen LogP contribution in [0.2, 0.25) is 0 Å². The van der Waals surface area contributed by atoms with Crippen LogP contribution in [-0.4, -0.2) is 91.9 Å². The number of nitrogens with one attached hydrogen (secondary N) is 3. The maximum absolute atomic E-state index is 13.5. The van der Waals surface area contributed by atoms with Crippen molar-refractivity contribution in [1.82, 2.24) is 25.8 Å². The lowest BCUT2D eigenvalue weighted by molar-refractivity contribution is -0.137. The van der Waals surface area contributed by atoms with Crippen molar-refractivity contribution in [3.05, 3.63) is 29.8 Å². The Bertz CT molecular complexity index is 961. The molecule has 1 fully saturated rings. The molecule has 1 aromatic rings. The molecular formula is C28H43N5O5. The molecule has 2 aliphatic rings. The van der Waals surface area contributed by atoms with Crippen LogP contribution in [0.4, 0.5) is 0 Å². The number of likely N-dealkylation sites (N-methyl/N-ethyl adjacent to an activating group) is 1. The molecule has 38 heavy (non-hydrogen) atoms. The zero-order valence-electron chi connectivity index (χ0n) is 23.0. The Balaban J connectivity index is 1.84. The van der Waals surface area contributed by atoms with Crippen molar-refractivity contribution < 1.29 is 23.9 Å². The van der Waals surface area contributed by atoms with Gasteiger partial charge in [-0.05, 0) is 44.4 Å². The lowest BCUT2D eigenvalue weighted by Crippen LogP contribution is -2.56. The molecule has 4 amide bonds. The van der Waals surface area contributed by atoms with E-state index in [1.807, 2.05) is 20.9 Å². The Labute approximate surface area is 225 Å². The average molecular weight is 530 g/mol. The monoisotopic (exact) mass is 529 g/mol. The van der Waals surface area contributed by atoms with Gasteiger partial charge < -0.3 is 30.5 Å². The molecule has 0 unspecified atom stereocenters. The van der Waals surface area contributed by atoms with Crippen LogP contribution in [0.3, 0.4) is 0 Å². The van der Waals surface area contributed by atoms with Gasteiger partial charge in [0.25, 0.3) is 5.91 Å². The van der Waals surface area contributed by atoms with E-state index in [2.05, 4.69) is 20.9 Å². The number of para-hydroxylation sites is 1. The van der Waals surface area contributed by atoms with E-state index in [0.29, 0.717) is 57.1 Å². The number of rotatable bonds is 3. The van der Waals surface area contributed by atoms with E-state index in [0.717, 1.165) is 25.7 Å². The van der Waals surface area contributed by atoms with E-state index in [4.69, 9.17) is 4.74 Å². The number of ether oxygens (including phenoxy) is 1. The second kappa shape index (κ2) is 14.7. The minimum atomic E-state index is -1.07. The maximum atomic E-state index is 13.5. The summed E-state index contributed by atoms with van der Waals surface area (Å²) in [6.45, 7) is 7.43. The van der Waals surface area contributed by atoms with E-state index in [9.17, 15) is 19.2 Å². The first-order valence-electron chi connectivity index (χ1n) is 13.8. The van der Waals surface area contributed by atoms with Gasteiger partial charge >= 0.3 is 0 Å². The standard InChI is InChI=1S/C28H43N5O5/c1-20(2)18-22-27(36)29-12-8-4-5-9-17-38-24-11-7-6-10-21(24)26(35)31-23(19-25(34)30-22)28(37)33-15-13-32(3)14-16-33/h6-7,10-11,20,22-23H,4-5,8-9,12-19H2,1-3H3,(H,29,36)(H,30,34)(H,31,35)/t22-,23-/m0/s1. The fourth-order valence-corrected chi connectivity index (χ4v) is 4.70. The van der Waals surface area contributed by atoms with Crippen LogP contribution >= 0.6 is 0 Å². The highest BCUT2D eigenvalue weighted by Gasteiger charge is 2.32. The predicted molar refractivity (Wildman–Crippen MR) is 145 cm³/mol. The van der Waals surface area contributed by atoms with Crippen molar-refractivity contribution in [2.75, 3.05) is 46.4 Å². The summed E-state index contributed by atoms with van der Waals surface area (Å²) >= 11 is 0. The summed E-state index contributed by atoms with van der Waals surface area (Å²) in [7, 11) is 1.99. The Morgan fingerprint density at radius 3 is 2.45 bits per heavy atom. The van der Waals surface area contributed by atoms with Crippen molar-refractivity contribution >= 4 is 23.6 Å². The molecule has 1 aromatic carbocycles. The van der Waals surface area contributed by atoms with E-state index in [1.54, 1.807) is 29.2 Å². The molecule has 210 valence electrons. The third kappa shape index (κ3) is 9.01. The minimum Gasteiger partial charge on any atom is -0.493 e. The second-order valence-corrected chi connectivity index (χ2v) is 10.7. The summed E-state index contributed by atoms with van der Waals surface area (Å²) in [5, 5.41) is 8.56. The molecule has 10 heteroatoms. The van der Waals surface area contributed by atoms with Crippen LogP contribution < -0.4 is 20.7 Å². The van der Waals surface area contributed by atoms with Crippen LogP contribution in [-0.2, 0) is 14.4 Å². The van der Waals surface area contributed by atoms with Gasteiger partial charge in [-0.15, -0.1) is 0 Å². The van der Waals surface area contributed by atoms with Gasteiger partial charge in [0.2, 0.25) is 17.7 Å². The van der Waals surface area contributed by atoms with E-state index < -0.39 is 23.9 Å². The highest BCUT2D eigenvalue weighted by Crippen LogP contribution is 2.19. The van der Waals surface area contributed by atoms with Gasteiger partial charge in [0.1, 0.15) is 17.8 Å². The highest BCUT2D eigenvalue weighted by atomic mass is 16.5. The summed E-state index contributed by atoms with van der Waals surface area (Å²) in [5.41, 5.74) is 0.322. The maximum Gasteiger partial charge on any atom is 0.255 e. The summed E-state index contributed by atoms with van der Waals surface area (Å²) < 4.78 is 5.91. The Kier molecular flexibility index (Phi) is 11.4. The topological polar surface area (TPSA) is 120 Å². The van der Waals surface area contributed by atoms with Gasteiger partial charge in [-0.25, -0.2) is 0 Å². The Morgan fingerprint density at radius 1 is 1.00 bits per heavy atom. The molecule has 3 rings (SSSR count). The van der Waals surface area contributed by atoms with E-state index in [-0.39, 0.29) is 24.2 Å². The SMILES string of the molecule is CC(C)C[C@@H]1NC(=O)C[C@@H](C(=O)N2CCN(C)CC2)NC(=O)c2ccccc2OCCCCCCNC1=O. The molecule has 1 saturated heterocycles. The molecule has 2 atom stereocenters. The van der Waals surface area contributed by atoms with Crippen molar-refractivity contribution in [2.24, 2.45) is 5.92 Å². The zero-order valence-corrected chi connectivity index (χ0v) is 23.0. The number of piperazine rings is 1. The number of hydrogen-bond donors (Lipinski definition) is 3. The van der Waals surface area contributed by atoms with Gasteiger partial charge in [-0.1, -0.05) is 38.8 Å². The third-order valence-electron chi connectivity index (χ3n) is 6.93. The molecule has 2 aliphatic heterocycles. The molecule has 0 bridgehead atoms. The smallest absolute Gasteiger partial charge is 0.255 e. The number of hydrogen-bond acceptors (Lipinski definition) is 6. The quantitative estimate of drug-likeness (QED) is 0.547. The first-order chi connectivity index (χ1) is 18.2. The largest absolute Gasteiger partial charge is 0.493 e. The Hall–Kier alpha value is -3.14. The first-order valence-corrected chi connectivity index (χ1v) is 13.8. The molecule has 2 heterocycles. The van der Waals surface area contributed by atoms with Crippen molar-refractivity contribution in [3.8, 4) is 5.75 Å². The fraction of sp³-hybridized carbons (Fsp3) is 0.643. The fourth-order valence-electron chi connectivity index (χ4n) is 4.70. The summed E-state index contributed by atoms with van der Waals surface area (Å²) in [4.78, 5) is 56.7. The number of nitrogens with zero attached hydrogens (tertiary/aromatic N) is 2. The van der Waals surface area contributed by atoms with Gasteiger partial charge in [-0.3, -0.25) is 19.2 Å². The van der Waals surface area contributed by atoms with Crippen LogP contribution in [0.25, 0.3) is 0 Å². The average Bonchev–Trinajstić information content (AvgIpc) is 2.88. The van der Waals surface area contributed by atoms with Gasteiger partial charge in [0.05, 0.1) is 18.6 Å². The van der Waals surface area contributed by atoms with Crippen LogP contribution in [0, 0.1) is 5.92 Å². The zero-order chi connectivity index (χ0) is 27.5. The molecule has 0 radical (unpaired) electrons. The van der Waals surface area contributed by atoms with E-state index in [1.165, 1.54) is 0 Å². The summed E-state index contributed by atoms with van der Waals surface area (Å²) in [6.07, 6.45) is 3.73. The van der Waals surface area contributed by atoms with Crippen molar-refractivity contribution in [2.45, 2.75) is 64.5 Å². The molecule has 0 spiro atoms. The summed E-state index contributed by atoms with van der Waals surface area (Å²) in [5.74, 6) is -0.827. The number of amides is 4. The van der Waals surface area contributed by atoms with Gasteiger partial charge in [0.15, 0.2) is 0 Å². The molecule has 0 aliphatic carbocycles. The van der Waals surface area contributed by atoms with Crippen LogP contribution in [0.5, 0.6) is 5.75 Å². The number of carbonyl (C=O) groups excluding carboxylic acids is 4. The highest BCUT2D eigenvalue weighted by molar-refractivity contribution is 6.01. The number of fused-ring (bicyclic) bond motifs is 1. The first kappa shape index (κ1) is 29.4. The van der Waals surface area contributed by atoms with Crippen molar-refractivity contribution in [1.29, 1.82) is 0 Å². The van der Waals surface area contributed by atoms with Crippen LogP contribution in [0.15, 0.2) is 24.3 Å². The molecule has 0 saturated carbocycles. The van der Waals surface area contributed by atoms with Gasteiger partial charge in [-0.2, -0.15) is 0 Å². The van der Waals surface area contributed by atoms with Crippen molar-refractivity contribution in [3.63, 3.8) is 0 Å². The second-order valence-electron chi connectivity index (χ2n) is 10.7. The Morgan fingerprint density at radius 2 is 1.71 bits per heavy atom. The lowest BCUT2D eigenvalue weighted by Gasteiger charge is -2.34. The molecule has 3 N–H and O–H groups in total. The molecule has 0 aromatic heterocycles.